The van der Waals surface area contributed by atoms with Gasteiger partial charge in [-0.2, -0.15) is 0 Å². The molecule has 9 heteroatoms. The van der Waals surface area contributed by atoms with Gasteiger partial charge in [-0.1, -0.05) is 67.3 Å². The third-order valence-electron chi connectivity index (χ3n) is 7.43. The Balaban J connectivity index is 1.48. The number of anilines is 1. The van der Waals surface area contributed by atoms with Crippen LogP contribution < -0.4 is 16.4 Å². The van der Waals surface area contributed by atoms with E-state index in [1.807, 2.05) is 42.5 Å². The Hall–Kier alpha value is -4.89. The van der Waals surface area contributed by atoms with Crippen molar-refractivity contribution in [3.05, 3.63) is 108 Å². The van der Waals surface area contributed by atoms with Crippen molar-refractivity contribution in [3.8, 4) is 0 Å². The minimum Gasteiger partial charge on any atom is -0.342 e. The van der Waals surface area contributed by atoms with Crippen molar-refractivity contribution in [1.82, 2.24) is 15.2 Å². The van der Waals surface area contributed by atoms with Crippen molar-refractivity contribution >= 4 is 40.1 Å². The summed E-state index contributed by atoms with van der Waals surface area (Å²) in [6.45, 7) is 5.71. The van der Waals surface area contributed by atoms with Crippen LogP contribution in [0.25, 0.3) is 10.9 Å². The summed E-state index contributed by atoms with van der Waals surface area (Å²) in [7, 11) is 0. The highest BCUT2D eigenvalue weighted by Gasteiger charge is 2.36. The molecule has 1 aromatic heterocycles. The third kappa shape index (κ3) is 8.11. The zero-order valence-corrected chi connectivity index (χ0v) is 24.3. The predicted octanol–water partition coefficient (Wildman–Crippen LogP) is 4.00. The molecule has 0 bridgehead atoms. The van der Waals surface area contributed by atoms with E-state index in [4.69, 9.17) is 5.73 Å². The molecule has 2 heterocycles. The fourth-order valence-electron chi connectivity index (χ4n) is 5.03. The highest BCUT2D eigenvalue weighted by atomic mass is 16.2. The van der Waals surface area contributed by atoms with E-state index in [1.54, 1.807) is 49.6 Å². The second-order valence-corrected chi connectivity index (χ2v) is 10.4. The first-order chi connectivity index (χ1) is 20.8. The van der Waals surface area contributed by atoms with E-state index in [2.05, 4.69) is 22.2 Å². The summed E-state index contributed by atoms with van der Waals surface area (Å²) >= 11 is 0. The number of rotatable bonds is 12. The average molecular weight is 580 g/mol. The van der Waals surface area contributed by atoms with E-state index >= 15 is 0 Å². The van der Waals surface area contributed by atoms with Crippen molar-refractivity contribution in [2.45, 2.75) is 51.2 Å². The maximum atomic E-state index is 13.7. The Kier molecular flexibility index (Phi) is 10.7. The number of hydrogen-bond donors (Lipinski definition) is 3. The van der Waals surface area contributed by atoms with Gasteiger partial charge in [0.25, 0.3) is 0 Å². The number of amides is 3. The molecule has 4 N–H and O–H groups in total. The van der Waals surface area contributed by atoms with Gasteiger partial charge in [-0.3, -0.25) is 24.2 Å². The molecule has 0 radical (unpaired) electrons. The fraction of sp³-hybridized carbons (Fsp3) is 0.265. The molecule has 0 spiro atoms. The summed E-state index contributed by atoms with van der Waals surface area (Å²) in [5, 5.41) is 6.63. The van der Waals surface area contributed by atoms with E-state index in [9.17, 15) is 19.2 Å². The molecule has 43 heavy (non-hydrogen) atoms. The number of pyridine rings is 1. The standard InChI is InChI=1S/C34H37N5O4/c1-3-4-5-9-23(2)31(40)15-16-32(41)39-22-26-11-7-6-10-25(26)20-30(39)34(43)38-28(17-18-35)33(42)37-27-14-13-24-12-8-19-36-29(24)21-27/h3-14,19,21,28,30H,1,15-18,20,22,35H2,2H3,(H,37,42)(H,38,43)/b5-4-,23-9+/t28-,30-/m0/s1. The Bertz CT molecular complexity index is 1580. The maximum Gasteiger partial charge on any atom is 0.247 e. The number of carbonyl (C=O) groups excluding carboxylic acids is 4. The maximum absolute atomic E-state index is 13.7. The number of nitrogens with one attached hydrogen (secondary N) is 2. The number of aromatic nitrogens is 1. The summed E-state index contributed by atoms with van der Waals surface area (Å²) in [6.07, 6.45) is 8.89. The molecule has 2 atom stereocenters. The van der Waals surface area contributed by atoms with Crippen LogP contribution in [0.3, 0.4) is 0 Å². The molecular formula is C34H37N5O4. The molecule has 3 amide bonds. The molecule has 4 rings (SSSR count). The van der Waals surface area contributed by atoms with Gasteiger partial charge in [-0.15, -0.1) is 0 Å². The minimum atomic E-state index is -0.913. The number of nitrogens with zero attached hydrogens (tertiary/aromatic N) is 2. The SMILES string of the molecule is C=C/C=C\C=C(/C)C(=O)CCC(=O)N1Cc2ccccc2C[C@H]1C(=O)N[C@@H](CCN)C(=O)Nc1ccc2cccnc2c1. The van der Waals surface area contributed by atoms with Crippen LogP contribution in [-0.4, -0.2) is 52.0 Å². The van der Waals surface area contributed by atoms with Gasteiger partial charge in [0.2, 0.25) is 17.7 Å². The molecule has 3 aromatic rings. The number of hydrogen-bond acceptors (Lipinski definition) is 6. The van der Waals surface area contributed by atoms with Gasteiger partial charge >= 0.3 is 0 Å². The molecule has 9 nitrogen and oxygen atoms in total. The van der Waals surface area contributed by atoms with Crippen molar-refractivity contribution in [3.63, 3.8) is 0 Å². The molecule has 0 aliphatic carbocycles. The van der Waals surface area contributed by atoms with Crippen molar-refractivity contribution in [1.29, 1.82) is 0 Å². The summed E-state index contributed by atoms with van der Waals surface area (Å²) in [4.78, 5) is 58.9. The number of fused-ring (bicyclic) bond motifs is 2. The normalized spacial score (nSPS) is 15.5. The van der Waals surface area contributed by atoms with Crippen molar-refractivity contribution < 1.29 is 19.2 Å². The average Bonchev–Trinajstić information content (AvgIpc) is 3.02. The third-order valence-corrected chi connectivity index (χ3v) is 7.43. The minimum absolute atomic E-state index is 0.0222. The van der Waals surface area contributed by atoms with E-state index in [0.717, 1.165) is 22.0 Å². The van der Waals surface area contributed by atoms with Gasteiger partial charge in [0.15, 0.2) is 5.78 Å². The highest BCUT2D eigenvalue weighted by molar-refractivity contribution is 6.00. The van der Waals surface area contributed by atoms with Gasteiger partial charge in [-0.25, -0.2) is 0 Å². The smallest absolute Gasteiger partial charge is 0.247 e. The Morgan fingerprint density at radius 3 is 2.63 bits per heavy atom. The van der Waals surface area contributed by atoms with Gasteiger partial charge in [0.1, 0.15) is 12.1 Å². The molecule has 0 fully saturated rings. The molecule has 2 aromatic carbocycles. The largest absolute Gasteiger partial charge is 0.342 e. The van der Waals surface area contributed by atoms with Crippen LogP contribution in [0.2, 0.25) is 0 Å². The van der Waals surface area contributed by atoms with Crippen LogP contribution in [0.15, 0.2) is 97.3 Å². The summed E-state index contributed by atoms with van der Waals surface area (Å²) in [5.41, 5.74) is 9.51. The Morgan fingerprint density at radius 1 is 1.07 bits per heavy atom. The number of allylic oxidation sites excluding steroid dienone is 5. The first-order valence-corrected chi connectivity index (χ1v) is 14.3. The van der Waals surface area contributed by atoms with Crippen molar-refractivity contribution in [2.75, 3.05) is 11.9 Å². The summed E-state index contributed by atoms with van der Waals surface area (Å²) in [6, 6.07) is 15.0. The number of carbonyl (C=O) groups is 4. The molecule has 222 valence electrons. The Morgan fingerprint density at radius 2 is 1.86 bits per heavy atom. The number of nitrogens with two attached hydrogens (primary N) is 1. The van der Waals surface area contributed by atoms with Gasteiger partial charge in [-0.05, 0) is 54.8 Å². The number of Topliss-reactive ketones (excluding diaryl/α,β-unsaturated/α-hetero) is 1. The first kappa shape index (κ1) is 31.1. The van der Waals surface area contributed by atoms with Crippen LogP contribution in [0.1, 0.15) is 37.3 Å². The van der Waals surface area contributed by atoms with E-state index in [-0.39, 0.29) is 44.0 Å². The monoisotopic (exact) mass is 579 g/mol. The number of benzene rings is 2. The summed E-state index contributed by atoms with van der Waals surface area (Å²) in [5.74, 6) is -1.32. The van der Waals surface area contributed by atoms with Crippen LogP contribution in [-0.2, 0) is 32.1 Å². The lowest BCUT2D eigenvalue weighted by Gasteiger charge is -2.36. The quantitative estimate of drug-likeness (QED) is 0.219. The molecule has 0 unspecified atom stereocenters. The van der Waals surface area contributed by atoms with Crippen LogP contribution >= 0.6 is 0 Å². The lowest BCUT2D eigenvalue weighted by molar-refractivity contribution is -0.143. The van der Waals surface area contributed by atoms with Gasteiger partial charge < -0.3 is 21.3 Å². The second-order valence-electron chi connectivity index (χ2n) is 10.4. The highest BCUT2D eigenvalue weighted by Crippen LogP contribution is 2.25. The first-order valence-electron chi connectivity index (χ1n) is 14.3. The van der Waals surface area contributed by atoms with E-state index < -0.39 is 23.9 Å². The lowest BCUT2D eigenvalue weighted by atomic mass is 9.92. The molecule has 0 saturated heterocycles. The fourth-order valence-corrected chi connectivity index (χ4v) is 5.03. The van der Waals surface area contributed by atoms with Gasteiger partial charge in [0.05, 0.1) is 5.52 Å². The second kappa shape index (κ2) is 14.8. The predicted molar refractivity (Wildman–Crippen MR) is 168 cm³/mol. The Labute approximate surface area is 251 Å². The number of ketones is 1. The lowest BCUT2D eigenvalue weighted by Crippen LogP contribution is -2.56. The molecule has 1 aliphatic rings. The van der Waals surface area contributed by atoms with E-state index in [1.165, 1.54) is 4.90 Å². The van der Waals surface area contributed by atoms with Crippen LogP contribution in [0.5, 0.6) is 0 Å². The zero-order valence-electron chi connectivity index (χ0n) is 24.3. The molecular weight excluding hydrogens is 542 g/mol. The summed E-state index contributed by atoms with van der Waals surface area (Å²) < 4.78 is 0. The van der Waals surface area contributed by atoms with Crippen molar-refractivity contribution in [2.24, 2.45) is 5.73 Å². The van der Waals surface area contributed by atoms with Crippen LogP contribution in [0, 0.1) is 0 Å². The molecule has 1 aliphatic heterocycles. The zero-order chi connectivity index (χ0) is 30.8. The molecule has 0 saturated carbocycles. The topological polar surface area (TPSA) is 134 Å². The van der Waals surface area contributed by atoms with E-state index in [0.29, 0.717) is 17.7 Å². The van der Waals surface area contributed by atoms with Crippen LogP contribution in [0.4, 0.5) is 5.69 Å². The van der Waals surface area contributed by atoms with Gasteiger partial charge in [0, 0.05) is 43.1 Å².